The summed E-state index contributed by atoms with van der Waals surface area (Å²) in [6.07, 6.45) is 0.990. The van der Waals surface area contributed by atoms with Crippen LogP contribution in [-0.2, 0) is 19.2 Å². The molecule has 3 rings (SSSR count). The lowest BCUT2D eigenvalue weighted by atomic mass is 10.1. The van der Waals surface area contributed by atoms with E-state index in [2.05, 4.69) is 5.32 Å². The van der Waals surface area contributed by atoms with Gasteiger partial charge in [-0.2, -0.15) is 0 Å². The Morgan fingerprint density at radius 1 is 1.25 bits per heavy atom. The number of aliphatic carboxylic acids is 1. The van der Waals surface area contributed by atoms with Crippen molar-refractivity contribution in [3.8, 4) is 0 Å². The van der Waals surface area contributed by atoms with Crippen LogP contribution < -0.4 is 10.2 Å². The van der Waals surface area contributed by atoms with E-state index in [1.54, 1.807) is 0 Å². The number of hydrogen-bond donors (Lipinski definition) is 2. The molecule has 0 spiro atoms. The second-order valence-corrected chi connectivity index (χ2v) is 7.14. The fourth-order valence-electron chi connectivity index (χ4n) is 3.68. The molecule has 8 nitrogen and oxygen atoms in total. The van der Waals surface area contributed by atoms with E-state index in [1.807, 2.05) is 0 Å². The van der Waals surface area contributed by atoms with Crippen molar-refractivity contribution in [1.29, 1.82) is 0 Å². The zero-order valence-electron chi connectivity index (χ0n) is 15.4. The third-order valence-corrected chi connectivity index (χ3v) is 5.18. The van der Waals surface area contributed by atoms with Crippen molar-refractivity contribution in [2.75, 3.05) is 18.0 Å². The van der Waals surface area contributed by atoms with E-state index in [0.717, 1.165) is 0 Å². The lowest BCUT2D eigenvalue weighted by Gasteiger charge is -2.26. The number of benzene rings is 1. The van der Waals surface area contributed by atoms with Crippen LogP contribution >= 0.6 is 0 Å². The summed E-state index contributed by atoms with van der Waals surface area (Å²) in [4.78, 5) is 51.2. The van der Waals surface area contributed by atoms with Gasteiger partial charge in [-0.15, -0.1) is 0 Å². The van der Waals surface area contributed by atoms with Crippen LogP contribution in [-0.4, -0.2) is 58.9 Å². The summed E-state index contributed by atoms with van der Waals surface area (Å²) in [6, 6.07) is 3.67. The molecular weight excluding hydrogens is 369 g/mol. The summed E-state index contributed by atoms with van der Waals surface area (Å²) >= 11 is 0. The molecule has 0 radical (unpaired) electrons. The molecule has 9 heteroatoms. The Hall–Kier alpha value is -2.97. The minimum absolute atomic E-state index is 0.00835. The Kier molecular flexibility index (Phi) is 5.62. The van der Waals surface area contributed by atoms with Crippen molar-refractivity contribution in [3.05, 3.63) is 30.1 Å². The molecule has 2 saturated heterocycles. The number of likely N-dealkylation sites (tertiary alicyclic amines) is 1. The maximum Gasteiger partial charge on any atom is 0.326 e. The van der Waals surface area contributed by atoms with Crippen LogP contribution in [0.15, 0.2) is 24.3 Å². The normalized spacial score (nSPS) is 23.0. The lowest BCUT2D eigenvalue weighted by Crippen LogP contribution is -2.51. The maximum atomic E-state index is 13.1. The molecule has 28 heavy (non-hydrogen) atoms. The smallest absolute Gasteiger partial charge is 0.326 e. The number of carbonyl (C=O) groups is 4. The van der Waals surface area contributed by atoms with Crippen LogP contribution in [0.3, 0.4) is 0 Å². The average molecular weight is 391 g/mol. The molecule has 3 atom stereocenters. The van der Waals surface area contributed by atoms with E-state index in [0.29, 0.717) is 25.1 Å². The first kappa shape index (κ1) is 19.8. The fraction of sp³-hybridized carbons (Fsp3) is 0.474. The number of carboxylic acids is 1. The minimum Gasteiger partial charge on any atom is -0.480 e. The molecule has 2 fully saturated rings. The molecule has 2 aliphatic rings. The van der Waals surface area contributed by atoms with E-state index in [-0.39, 0.29) is 18.9 Å². The van der Waals surface area contributed by atoms with Gasteiger partial charge < -0.3 is 20.2 Å². The van der Waals surface area contributed by atoms with E-state index >= 15 is 0 Å². The Bertz CT molecular complexity index is 797. The van der Waals surface area contributed by atoms with Crippen LogP contribution in [0.1, 0.15) is 26.2 Å². The molecule has 0 aliphatic carbocycles. The van der Waals surface area contributed by atoms with E-state index in [1.165, 1.54) is 41.0 Å². The van der Waals surface area contributed by atoms with Crippen molar-refractivity contribution in [3.63, 3.8) is 0 Å². The summed E-state index contributed by atoms with van der Waals surface area (Å²) in [5, 5.41) is 11.8. The summed E-state index contributed by atoms with van der Waals surface area (Å²) in [5.41, 5.74) is 0.507. The molecule has 150 valence electrons. The van der Waals surface area contributed by atoms with Crippen molar-refractivity contribution in [2.45, 2.75) is 38.3 Å². The van der Waals surface area contributed by atoms with Crippen LogP contribution in [0.25, 0.3) is 0 Å². The molecular formula is C19H22FN3O5. The van der Waals surface area contributed by atoms with E-state index in [4.69, 9.17) is 0 Å². The zero-order valence-corrected chi connectivity index (χ0v) is 15.4. The third kappa shape index (κ3) is 3.97. The van der Waals surface area contributed by atoms with Gasteiger partial charge >= 0.3 is 5.97 Å². The van der Waals surface area contributed by atoms with Gasteiger partial charge in [0.05, 0.1) is 5.92 Å². The maximum absolute atomic E-state index is 13.1. The van der Waals surface area contributed by atoms with Crippen molar-refractivity contribution in [1.82, 2.24) is 10.2 Å². The van der Waals surface area contributed by atoms with Crippen LogP contribution in [0, 0.1) is 11.7 Å². The molecule has 2 heterocycles. The Morgan fingerprint density at radius 2 is 1.93 bits per heavy atom. The van der Waals surface area contributed by atoms with Crippen LogP contribution in [0.2, 0.25) is 0 Å². The van der Waals surface area contributed by atoms with Gasteiger partial charge in [-0.3, -0.25) is 14.4 Å². The number of carboxylic acid groups (broad SMARTS) is 1. The van der Waals surface area contributed by atoms with Gasteiger partial charge in [0.25, 0.3) is 0 Å². The minimum atomic E-state index is -1.05. The number of hydrogen-bond acceptors (Lipinski definition) is 4. The first-order valence-corrected chi connectivity index (χ1v) is 9.17. The molecule has 0 saturated carbocycles. The molecule has 0 bridgehead atoms. The highest BCUT2D eigenvalue weighted by Crippen LogP contribution is 2.25. The summed E-state index contributed by atoms with van der Waals surface area (Å²) in [5.74, 6) is -3.25. The number of anilines is 1. The molecule has 0 aromatic heterocycles. The Labute approximate surface area is 161 Å². The number of nitrogens with one attached hydrogen (secondary N) is 1. The average Bonchev–Trinajstić information content (AvgIpc) is 3.28. The molecule has 2 N–H and O–H groups in total. The van der Waals surface area contributed by atoms with Crippen LogP contribution in [0.4, 0.5) is 10.1 Å². The standard InChI is InChI=1S/C19H22FN3O5/c1-11(18(26)22-8-2-3-15(22)19(27)28)21-17(25)12-9-16(24)23(10-12)14-6-4-13(20)5-7-14/h4-7,11-12,15H,2-3,8-10H2,1H3,(H,21,25)(H,27,28)/t11-,12-,15-/m0/s1. The van der Waals surface area contributed by atoms with Gasteiger partial charge in [0.2, 0.25) is 17.7 Å². The molecule has 0 unspecified atom stereocenters. The first-order valence-electron chi connectivity index (χ1n) is 9.17. The summed E-state index contributed by atoms with van der Waals surface area (Å²) < 4.78 is 13.1. The molecule has 2 aliphatic heterocycles. The van der Waals surface area contributed by atoms with E-state index in [9.17, 15) is 28.7 Å². The van der Waals surface area contributed by atoms with Crippen LogP contribution in [0.5, 0.6) is 0 Å². The highest BCUT2D eigenvalue weighted by molar-refractivity contribution is 6.01. The number of amides is 3. The lowest BCUT2D eigenvalue weighted by molar-refractivity contribution is -0.149. The molecule has 1 aromatic carbocycles. The summed E-state index contributed by atoms with van der Waals surface area (Å²) in [7, 11) is 0. The topological polar surface area (TPSA) is 107 Å². The molecule has 1 aromatic rings. The quantitative estimate of drug-likeness (QED) is 0.771. The Balaban J connectivity index is 1.60. The summed E-state index contributed by atoms with van der Waals surface area (Å²) in [6.45, 7) is 1.99. The highest BCUT2D eigenvalue weighted by Gasteiger charge is 2.39. The Morgan fingerprint density at radius 3 is 2.57 bits per heavy atom. The van der Waals surface area contributed by atoms with Crippen molar-refractivity contribution < 1.29 is 28.7 Å². The SMILES string of the molecule is C[C@H](NC(=O)[C@H]1CC(=O)N(c2ccc(F)cc2)C1)C(=O)N1CCC[C@H]1C(=O)O. The van der Waals surface area contributed by atoms with Crippen molar-refractivity contribution >= 4 is 29.4 Å². The van der Waals surface area contributed by atoms with Gasteiger partial charge in [0, 0.05) is 25.2 Å². The first-order chi connectivity index (χ1) is 13.3. The largest absolute Gasteiger partial charge is 0.480 e. The third-order valence-electron chi connectivity index (χ3n) is 5.18. The second kappa shape index (κ2) is 7.95. The van der Waals surface area contributed by atoms with Gasteiger partial charge in [-0.05, 0) is 44.0 Å². The highest BCUT2D eigenvalue weighted by atomic mass is 19.1. The molecule has 3 amide bonds. The predicted octanol–water partition coefficient (Wildman–Crippen LogP) is 0.759. The van der Waals surface area contributed by atoms with Gasteiger partial charge in [-0.1, -0.05) is 0 Å². The predicted molar refractivity (Wildman–Crippen MR) is 96.8 cm³/mol. The van der Waals surface area contributed by atoms with Crippen molar-refractivity contribution in [2.24, 2.45) is 5.92 Å². The number of rotatable bonds is 5. The van der Waals surface area contributed by atoms with Gasteiger partial charge in [0.1, 0.15) is 17.9 Å². The van der Waals surface area contributed by atoms with E-state index < -0.39 is 41.6 Å². The van der Waals surface area contributed by atoms with Gasteiger partial charge in [0.15, 0.2) is 0 Å². The zero-order chi connectivity index (χ0) is 20.4. The van der Waals surface area contributed by atoms with Gasteiger partial charge in [-0.25, -0.2) is 9.18 Å². The monoisotopic (exact) mass is 391 g/mol. The number of carbonyl (C=O) groups excluding carboxylic acids is 3. The second-order valence-electron chi connectivity index (χ2n) is 7.14. The number of nitrogens with zero attached hydrogens (tertiary/aromatic N) is 2. The number of halogens is 1. The fourth-order valence-corrected chi connectivity index (χ4v) is 3.68.